The van der Waals surface area contributed by atoms with Crippen LogP contribution in [0.15, 0.2) is 35.8 Å². The number of benzene rings is 1. The molecule has 0 radical (unpaired) electrons. The Kier molecular flexibility index (Phi) is 7.70. The number of amides is 1. The van der Waals surface area contributed by atoms with Gasteiger partial charge >= 0.3 is 5.97 Å². The minimum absolute atomic E-state index is 0.0507. The lowest BCUT2D eigenvalue weighted by molar-refractivity contribution is -0.192. The van der Waals surface area contributed by atoms with Gasteiger partial charge in [-0.1, -0.05) is 12.2 Å². The normalized spacial score (nSPS) is 15.5. The number of nitrogens with one attached hydrogen (secondary N) is 1. The van der Waals surface area contributed by atoms with E-state index in [9.17, 15) is 19.1 Å². The first-order valence-corrected chi connectivity index (χ1v) is 9.08. The zero-order valence-electron chi connectivity index (χ0n) is 15.6. The van der Waals surface area contributed by atoms with Gasteiger partial charge < -0.3 is 24.9 Å². The van der Waals surface area contributed by atoms with Crippen molar-refractivity contribution < 1.29 is 28.7 Å². The Hall–Kier alpha value is -2.72. The Labute approximate surface area is 167 Å². The maximum absolute atomic E-state index is 13.0. The topological polar surface area (TPSA) is 91.3 Å². The van der Waals surface area contributed by atoms with Crippen molar-refractivity contribution >= 4 is 34.8 Å². The van der Waals surface area contributed by atoms with Gasteiger partial charge in [0.2, 0.25) is 5.91 Å². The predicted octanol–water partition coefficient (Wildman–Crippen LogP) is 1.99. The van der Waals surface area contributed by atoms with Gasteiger partial charge in [-0.15, -0.1) is 5.06 Å². The zero-order chi connectivity index (χ0) is 20.7. The maximum atomic E-state index is 13.0. The van der Waals surface area contributed by atoms with Crippen molar-refractivity contribution in [2.45, 2.75) is 13.8 Å². The number of piperazine rings is 1. The van der Waals surface area contributed by atoms with E-state index in [1.165, 1.54) is 36.3 Å². The Morgan fingerprint density at radius 1 is 1.21 bits per heavy atom. The van der Waals surface area contributed by atoms with Crippen molar-refractivity contribution in [3.63, 3.8) is 0 Å². The highest BCUT2D eigenvalue weighted by Crippen LogP contribution is 2.16. The highest BCUT2D eigenvalue weighted by atomic mass is 32.1. The Morgan fingerprint density at radius 3 is 2.36 bits per heavy atom. The van der Waals surface area contributed by atoms with Crippen LogP contribution in [0.1, 0.15) is 13.8 Å². The number of hydrogen-bond donors (Lipinski definition) is 2. The first-order valence-electron chi connectivity index (χ1n) is 8.67. The molecule has 1 saturated heterocycles. The number of hydrogen-bond acceptors (Lipinski definition) is 7. The number of aliphatic hydroxyl groups is 1. The largest absolute Gasteiger partial charge is 0.480 e. The minimum atomic E-state index is -0.901. The fourth-order valence-corrected chi connectivity index (χ4v) is 2.76. The fraction of sp³-hybridized carbons (Fsp3) is 0.389. The van der Waals surface area contributed by atoms with E-state index in [1.807, 2.05) is 0 Å². The van der Waals surface area contributed by atoms with Crippen molar-refractivity contribution in [1.29, 1.82) is 0 Å². The SMILES string of the molecule is CCOC(O)=C(C(=O)ON1CCN(C(C)=O)CC1)C(=S)Nc1ccc(F)cc1. The van der Waals surface area contributed by atoms with Gasteiger partial charge in [0.25, 0.3) is 5.95 Å². The van der Waals surface area contributed by atoms with Crippen molar-refractivity contribution in [3.05, 3.63) is 41.6 Å². The second-order valence-electron chi connectivity index (χ2n) is 5.89. The molecule has 1 amide bonds. The van der Waals surface area contributed by atoms with Crippen LogP contribution in [-0.2, 0) is 19.2 Å². The monoisotopic (exact) mass is 411 g/mol. The molecule has 0 spiro atoms. The fourth-order valence-electron chi connectivity index (χ4n) is 2.47. The Morgan fingerprint density at radius 2 is 1.82 bits per heavy atom. The molecular formula is C18H22FN3O5S. The van der Waals surface area contributed by atoms with E-state index >= 15 is 0 Å². The van der Waals surface area contributed by atoms with Crippen molar-refractivity contribution in [2.75, 3.05) is 38.1 Å². The van der Waals surface area contributed by atoms with Crippen LogP contribution >= 0.6 is 12.2 Å². The summed E-state index contributed by atoms with van der Waals surface area (Å²) in [6.45, 7) is 4.70. The van der Waals surface area contributed by atoms with Gasteiger partial charge in [-0.2, -0.15) is 0 Å². The van der Waals surface area contributed by atoms with Gasteiger partial charge in [-0.3, -0.25) is 4.79 Å². The lowest BCUT2D eigenvalue weighted by atomic mass is 10.2. The molecule has 8 nitrogen and oxygen atoms in total. The van der Waals surface area contributed by atoms with Crippen molar-refractivity contribution in [2.24, 2.45) is 0 Å². The van der Waals surface area contributed by atoms with Gasteiger partial charge in [-0.25, -0.2) is 9.18 Å². The van der Waals surface area contributed by atoms with E-state index in [1.54, 1.807) is 11.8 Å². The number of rotatable bonds is 6. The van der Waals surface area contributed by atoms with Crippen LogP contribution < -0.4 is 5.32 Å². The predicted molar refractivity (Wildman–Crippen MR) is 104 cm³/mol. The molecule has 0 bridgehead atoms. The third-order valence-corrected chi connectivity index (χ3v) is 4.23. The standard InChI is InChI=1S/C18H22FN3O5S/c1-3-26-17(24)15(16(28)20-14-6-4-13(19)5-7-14)18(25)27-22-10-8-21(9-11-22)12(2)23/h4-7,24H,3,8-11H2,1-2H3,(H,20,28). The van der Waals surface area contributed by atoms with E-state index in [2.05, 4.69) is 5.32 Å². The van der Waals surface area contributed by atoms with E-state index in [0.717, 1.165) is 0 Å². The smallest absolute Gasteiger partial charge is 0.367 e. The minimum Gasteiger partial charge on any atom is -0.480 e. The molecule has 1 aliphatic heterocycles. The molecule has 2 N–H and O–H groups in total. The van der Waals surface area contributed by atoms with E-state index in [4.69, 9.17) is 21.8 Å². The summed E-state index contributed by atoms with van der Waals surface area (Å²) in [5.41, 5.74) is 0.0752. The van der Waals surface area contributed by atoms with Crippen molar-refractivity contribution in [1.82, 2.24) is 9.96 Å². The molecule has 1 aliphatic rings. The zero-order valence-corrected chi connectivity index (χ0v) is 16.4. The number of carbonyl (C=O) groups excluding carboxylic acids is 2. The van der Waals surface area contributed by atoms with E-state index < -0.39 is 17.7 Å². The van der Waals surface area contributed by atoms with Gasteiger partial charge in [0.05, 0.1) is 19.7 Å². The molecule has 28 heavy (non-hydrogen) atoms. The summed E-state index contributed by atoms with van der Waals surface area (Å²) in [5.74, 6) is -2.05. The number of aliphatic hydroxyl groups excluding tert-OH is 1. The summed E-state index contributed by atoms with van der Waals surface area (Å²) in [5, 5.41) is 14.2. The summed E-state index contributed by atoms with van der Waals surface area (Å²) in [4.78, 5) is 30.8. The number of nitrogens with zero attached hydrogens (tertiary/aromatic N) is 2. The van der Waals surface area contributed by atoms with Crippen LogP contribution in [0.2, 0.25) is 0 Å². The van der Waals surface area contributed by atoms with Gasteiger partial charge in [-0.05, 0) is 31.2 Å². The van der Waals surface area contributed by atoms with Crippen LogP contribution in [0.3, 0.4) is 0 Å². The van der Waals surface area contributed by atoms with E-state index in [0.29, 0.717) is 31.9 Å². The van der Waals surface area contributed by atoms with Gasteiger partial charge in [0, 0.05) is 25.7 Å². The highest BCUT2D eigenvalue weighted by molar-refractivity contribution is 7.81. The summed E-state index contributed by atoms with van der Waals surface area (Å²) in [7, 11) is 0. The summed E-state index contributed by atoms with van der Waals surface area (Å²) < 4.78 is 18.1. The number of anilines is 1. The Bertz CT molecular complexity index is 761. The molecule has 0 saturated carbocycles. The van der Waals surface area contributed by atoms with Crippen molar-refractivity contribution in [3.8, 4) is 0 Å². The molecule has 10 heteroatoms. The molecule has 152 valence electrons. The Balaban J connectivity index is 2.09. The maximum Gasteiger partial charge on any atom is 0.367 e. The molecule has 0 unspecified atom stereocenters. The van der Waals surface area contributed by atoms with Crippen LogP contribution in [0.4, 0.5) is 10.1 Å². The third-order valence-electron chi connectivity index (χ3n) is 3.92. The summed E-state index contributed by atoms with van der Waals surface area (Å²) in [6, 6.07) is 5.32. The second-order valence-corrected chi connectivity index (χ2v) is 6.30. The third kappa shape index (κ3) is 5.89. The first kappa shape index (κ1) is 21.6. The van der Waals surface area contributed by atoms with E-state index in [-0.39, 0.29) is 23.1 Å². The lowest BCUT2D eigenvalue weighted by Gasteiger charge is -2.32. The molecule has 1 aromatic carbocycles. The van der Waals surface area contributed by atoms with Gasteiger partial charge in [0.1, 0.15) is 10.8 Å². The number of ether oxygens (including phenoxy) is 1. The number of carbonyl (C=O) groups is 2. The molecule has 0 aromatic heterocycles. The lowest BCUT2D eigenvalue weighted by Crippen LogP contribution is -2.48. The van der Waals surface area contributed by atoms with Crippen LogP contribution in [0.25, 0.3) is 0 Å². The highest BCUT2D eigenvalue weighted by Gasteiger charge is 2.28. The van der Waals surface area contributed by atoms with Crippen LogP contribution in [0.5, 0.6) is 0 Å². The van der Waals surface area contributed by atoms with Crippen LogP contribution in [0, 0.1) is 5.82 Å². The molecular weight excluding hydrogens is 389 g/mol. The average molecular weight is 411 g/mol. The summed E-state index contributed by atoms with van der Waals surface area (Å²) in [6.07, 6.45) is 0. The molecule has 1 aromatic rings. The molecule has 0 atom stereocenters. The molecule has 2 rings (SSSR count). The van der Waals surface area contributed by atoms with Crippen LogP contribution in [-0.4, -0.2) is 64.7 Å². The number of thiocarbonyl (C=S) groups is 1. The molecule has 1 fully saturated rings. The summed E-state index contributed by atoms with van der Waals surface area (Å²) >= 11 is 5.20. The number of hydroxylamine groups is 2. The average Bonchev–Trinajstić information content (AvgIpc) is 2.64. The number of halogens is 1. The molecule has 0 aliphatic carbocycles. The quantitative estimate of drug-likeness (QED) is 0.417. The molecule has 1 heterocycles. The first-order chi connectivity index (χ1) is 13.3. The van der Waals surface area contributed by atoms with Gasteiger partial charge in [0.15, 0.2) is 5.57 Å². The second kappa shape index (κ2) is 10.00.